The molecule has 0 unspecified atom stereocenters. The maximum atomic E-state index is 12.2. The number of nitrogens with zero attached hydrogens (tertiary/aromatic N) is 2. The molecule has 0 radical (unpaired) electrons. The first-order valence-corrected chi connectivity index (χ1v) is 21.7. The monoisotopic (exact) mass is 906 g/mol. The minimum atomic E-state index is -0.987. The molecule has 62 heavy (non-hydrogen) atoms. The van der Waals surface area contributed by atoms with Crippen molar-refractivity contribution in [1.29, 1.82) is 0 Å². The van der Waals surface area contributed by atoms with Gasteiger partial charge in [-0.1, -0.05) is 70.7 Å². The van der Waals surface area contributed by atoms with Crippen molar-refractivity contribution in [1.82, 2.24) is 9.97 Å². The van der Waals surface area contributed by atoms with E-state index in [0.29, 0.717) is 45.5 Å². The molecule has 0 amide bonds. The Balaban J connectivity index is 0.000000187. The number of hydrogen-bond donors (Lipinski definition) is 1. The van der Waals surface area contributed by atoms with Crippen LogP contribution in [0.2, 0.25) is 20.1 Å². The van der Waals surface area contributed by atoms with E-state index >= 15 is 0 Å². The lowest BCUT2D eigenvalue weighted by atomic mass is 9.96. The molecule has 2 heterocycles. The minimum absolute atomic E-state index is 0.177. The zero-order valence-electron chi connectivity index (χ0n) is 33.8. The van der Waals surface area contributed by atoms with Crippen LogP contribution in [0.25, 0.3) is 22.3 Å². The minimum Gasteiger partial charge on any atom is -0.488 e. The fraction of sp³-hybridized carbons (Fsp3) is 0.200. The summed E-state index contributed by atoms with van der Waals surface area (Å²) in [4.78, 5) is 31.9. The van der Waals surface area contributed by atoms with Gasteiger partial charge in [-0.3, -0.25) is 9.97 Å². The van der Waals surface area contributed by atoms with E-state index in [4.69, 9.17) is 60.6 Å². The third-order valence-corrected chi connectivity index (χ3v) is 11.5. The van der Waals surface area contributed by atoms with Gasteiger partial charge in [0.15, 0.2) is 0 Å². The number of esters is 1. The predicted octanol–water partition coefficient (Wildman–Crippen LogP) is 14.0. The van der Waals surface area contributed by atoms with Crippen LogP contribution in [-0.2, 0) is 18.0 Å². The molecule has 6 aromatic rings. The fourth-order valence-corrected chi connectivity index (χ4v) is 8.18. The van der Waals surface area contributed by atoms with E-state index in [-0.39, 0.29) is 11.5 Å². The third kappa shape index (κ3) is 11.2. The predicted molar refractivity (Wildman–Crippen MR) is 247 cm³/mol. The van der Waals surface area contributed by atoms with Gasteiger partial charge in [0.2, 0.25) is 0 Å². The van der Waals surface area contributed by atoms with Gasteiger partial charge in [-0.05, 0) is 163 Å². The number of pyridine rings is 2. The summed E-state index contributed by atoms with van der Waals surface area (Å²) in [7, 11) is 0. The topological polar surface area (TPSA) is 108 Å². The van der Waals surface area contributed by atoms with Crippen molar-refractivity contribution >= 4 is 80.6 Å². The number of carbonyl (C=O) groups excluding carboxylic acids is 1. The normalized spacial score (nSPS) is 13.4. The molecule has 1 N–H and O–H groups in total. The van der Waals surface area contributed by atoms with Crippen molar-refractivity contribution in [3.8, 4) is 11.5 Å². The maximum absolute atomic E-state index is 12.2. The Hall–Kier alpha value is -5.64. The summed E-state index contributed by atoms with van der Waals surface area (Å²) < 4.78 is 17.4. The molecule has 0 saturated carbocycles. The molecule has 0 atom stereocenters. The zero-order valence-corrected chi connectivity index (χ0v) is 36.8. The number of carboxylic acid groups (broad SMARTS) is 1. The Bertz CT molecular complexity index is 2640. The number of benzene rings is 4. The lowest BCUT2D eigenvalue weighted by Crippen LogP contribution is -2.05. The summed E-state index contributed by atoms with van der Waals surface area (Å²) in [6.07, 6.45) is 11.9. The first-order chi connectivity index (χ1) is 30.1. The number of aromatic nitrogens is 2. The first kappa shape index (κ1) is 44.4. The van der Waals surface area contributed by atoms with Gasteiger partial charge in [0.1, 0.15) is 24.7 Å². The smallest absolute Gasteiger partial charge is 0.339 e. The third-order valence-electron chi connectivity index (χ3n) is 10.5. The van der Waals surface area contributed by atoms with E-state index in [0.717, 1.165) is 100 Å². The van der Waals surface area contributed by atoms with Crippen molar-refractivity contribution in [3.63, 3.8) is 0 Å². The van der Waals surface area contributed by atoms with Crippen LogP contribution in [0.4, 0.5) is 0 Å². The fourth-order valence-electron chi connectivity index (χ4n) is 7.58. The highest BCUT2D eigenvalue weighted by molar-refractivity contribution is 6.31. The number of rotatable bonds is 13. The van der Waals surface area contributed by atoms with Crippen LogP contribution in [0.1, 0.15) is 99.5 Å². The van der Waals surface area contributed by atoms with Crippen molar-refractivity contribution in [2.24, 2.45) is 0 Å². The van der Waals surface area contributed by atoms with Gasteiger partial charge in [0.05, 0.1) is 17.7 Å². The van der Waals surface area contributed by atoms with E-state index < -0.39 is 5.97 Å². The Kier molecular flexibility index (Phi) is 15.0. The van der Waals surface area contributed by atoms with Crippen LogP contribution in [0.3, 0.4) is 0 Å². The van der Waals surface area contributed by atoms with Gasteiger partial charge in [-0.25, -0.2) is 9.59 Å². The summed E-state index contributed by atoms with van der Waals surface area (Å²) in [6, 6.07) is 29.9. The SMILES string of the molecule is CCOC(=O)c1cncc(C2=C(c3cc(Cl)ccc3OCc3ccc(Cl)cc3)CCC2)c1.O=C(O)c1cncc(C2=C(c3cc(Cl)ccc3OCc3ccc(Cl)cc3)CCC2)c1. The standard InChI is InChI=1S/C26H23Cl2NO3.C24H19Cl2NO3/c1-2-31-26(30)19-12-18(14-29-15-19)22-4-3-5-23(22)24-13-21(28)10-11-25(24)32-16-17-6-8-20(27)9-7-17;25-18-6-4-15(5-7-18)14-30-23-9-8-19(26)11-22(23)21-3-1-2-20(21)16-10-17(24(28)29)13-27-12-16/h6-15H,2-5,16H2,1H3;4-13H,1-3,14H2,(H,28,29). The molecular formula is C50H42Cl4N2O6. The molecule has 2 aromatic heterocycles. The van der Waals surface area contributed by atoms with Gasteiger partial charge >= 0.3 is 11.9 Å². The van der Waals surface area contributed by atoms with Gasteiger partial charge in [-0.2, -0.15) is 0 Å². The Labute approximate surface area is 380 Å². The van der Waals surface area contributed by atoms with Gasteiger partial charge in [0.25, 0.3) is 0 Å². The average Bonchev–Trinajstić information content (AvgIpc) is 3.98. The second-order valence-corrected chi connectivity index (χ2v) is 16.4. The van der Waals surface area contributed by atoms with E-state index in [1.54, 1.807) is 25.4 Å². The molecule has 8 nitrogen and oxygen atoms in total. The summed E-state index contributed by atoms with van der Waals surface area (Å²) >= 11 is 24.6. The Morgan fingerprint density at radius 1 is 0.548 bits per heavy atom. The number of halogens is 4. The number of allylic oxidation sites excluding steroid dienone is 4. The molecular weight excluding hydrogens is 866 g/mol. The summed E-state index contributed by atoms with van der Waals surface area (Å²) in [5.74, 6) is 0.162. The first-order valence-electron chi connectivity index (χ1n) is 20.2. The number of carbonyl (C=O) groups is 2. The molecule has 0 spiro atoms. The highest BCUT2D eigenvalue weighted by Gasteiger charge is 2.24. The quantitative estimate of drug-likeness (QED) is 0.114. The van der Waals surface area contributed by atoms with Gasteiger partial charge in [0, 0.05) is 56.0 Å². The molecule has 0 aliphatic heterocycles. The second-order valence-electron chi connectivity index (χ2n) is 14.7. The summed E-state index contributed by atoms with van der Waals surface area (Å²) in [5.41, 5.74) is 10.9. The number of carboxylic acids is 1. The molecule has 0 bridgehead atoms. The molecule has 12 heteroatoms. The van der Waals surface area contributed by atoms with Crippen molar-refractivity contribution in [3.05, 3.63) is 186 Å². The highest BCUT2D eigenvalue weighted by Crippen LogP contribution is 2.45. The molecule has 0 fully saturated rings. The van der Waals surface area contributed by atoms with Crippen LogP contribution in [0.15, 0.2) is 122 Å². The maximum Gasteiger partial charge on any atom is 0.339 e. The van der Waals surface area contributed by atoms with E-state index in [2.05, 4.69) is 9.97 Å². The van der Waals surface area contributed by atoms with E-state index in [1.807, 2.05) is 91.0 Å². The Morgan fingerprint density at radius 3 is 1.42 bits per heavy atom. The van der Waals surface area contributed by atoms with Crippen LogP contribution in [0, 0.1) is 0 Å². The van der Waals surface area contributed by atoms with Crippen LogP contribution in [-0.4, -0.2) is 33.6 Å². The number of hydrogen-bond acceptors (Lipinski definition) is 7. The zero-order chi connectivity index (χ0) is 43.6. The largest absolute Gasteiger partial charge is 0.488 e. The van der Waals surface area contributed by atoms with Crippen LogP contribution in [0.5, 0.6) is 11.5 Å². The molecule has 0 saturated heterocycles. The van der Waals surface area contributed by atoms with Gasteiger partial charge in [-0.15, -0.1) is 0 Å². The molecule has 2 aliphatic carbocycles. The Morgan fingerprint density at radius 2 is 0.968 bits per heavy atom. The number of ether oxygens (including phenoxy) is 3. The molecule has 4 aromatic carbocycles. The van der Waals surface area contributed by atoms with Crippen LogP contribution >= 0.6 is 46.4 Å². The highest BCUT2D eigenvalue weighted by atomic mass is 35.5. The van der Waals surface area contributed by atoms with Crippen LogP contribution < -0.4 is 9.47 Å². The summed E-state index contributed by atoms with van der Waals surface area (Å²) in [6.45, 7) is 2.95. The van der Waals surface area contributed by atoms with Gasteiger partial charge < -0.3 is 19.3 Å². The molecule has 316 valence electrons. The second kappa shape index (κ2) is 21.0. The number of aromatic carboxylic acids is 1. The van der Waals surface area contributed by atoms with Crippen molar-refractivity contribution in [2.75, 3.05) is 6.61 Å². The van der Waals surface area contributed by atoms with E-state index in [1.165, 1.54) is 18.0 Å². The lowest BCUT2D eigenvalue weighted by molar-refractivity contribution is 0.0525. The summed E-state index contributed by atoms with van der Waals surface area (Å²) in [5, 5.41) is 12.0. The molecule has 2 aliphatic rings. The van der Waals surface area contributed by atoms with E-state index in [9.17, 15) is 14.7 Å². The lowest BCUT2D eigenvalue weighted by Gasteiger charge is -2.15. The average molecular weight is 909 g/mol. The molecule has 8 rings (SSSR count). The van der Waals surface area contributed by atoms with Crippen molar-refractivity contribution < 1.29 is 28.9 Å². The van der Waals surface area contributed by atoms with Crippen molar-refractivity contribution in [2.45, 2.75) is 58.7 Å².